The normalized spacial score (nSPS) is 12.8. The number of carbonyl (C=O) groups excluding carboxylic acids is 1. The summed E-state index contributed by atoms with van der Waals surface area (Å²) in [6, 6.07) is 12.2. The molecule has 1 N–H and O–H groups in total. The van der Waals surface area contributed by atoms with Gasteiger partial charge in [0.2, 0.25) is 5.62 Å². The van der Waals surface area contributed by atoms with Crippen LogP contribution in [0.1, 0.15) is 93.9 Å². The molecule has 0 amide bonds. The van der Waals surface area contributed by atoms with Gasteiger partial charge in [-0.25, -0.2) is 0 Å². The Morgan fingerprint density at radius 3 is 2.03 bits per heavy atom. The number of benzene rings is 2. The van der Waals surface area contributed by atoms with E-state index >= 15 is 0 Å². The first kappa shape index (κ1) is 28.0. The van der Waals surface area contributed by atoms with E-state index < -0.39 is 0 Å². The van der Waals surface area contributed by atoms with Gasteiger partial charge < -0.3 is 14.2 Å². The quantitative estimate of drug-likeness (QED) is 0.303. The minimum atomic E-state index is -0.293. The van der Waals surface area contributed by atoms with Crippen molar-refractivity contribution in [1.82, 2.24) is 9.13 Å². The van der Waals surface area contributed by atoms with E-state index in [1.54, 1.807) is 0 Å². The maximum Gasteiger partial charge on any atom is 0.217 e. The van der Waals surface area contributed by atoms with Gasteiger partial charge in [0.15, 0.2) is 5.78 Å². The number of aromatic nitrogens is 2. The van der Waals surface area contributed by atoms with Crippen molar-refractivity contribution in [3.63, 3.8) is 0 Å². The van der Waals surface area contributed by atoms with Crippen molar-refractivity contribution < 1.29 is 9.90 Å². The smallest absolute Gasteiger partial charge is 0.217 e. The lowest BCUT2D eigenvalue weighted by atomic mass is 9.78. The molecule has 6 heteroatoms. The summed E-state index contributed by atoms with van der Waals surface area (Å²) in [6.45, 7) is 15.4. The van der Waals surface area contributed by atoms with Gasteiger partial charge in [0.05, 0.1) is 29.2 Å². The summed E-state index contributed by atoms with van der Waals surface area (Å²) < 4.78 is 8.27. The highest BCUT2D eigenvalue weighted by molar-refractivity contribution is 9.08. The van der Waals surface area contributed by atoms with Gasteiger partial charge in [0.1, 0.15) is 5.75 Å². The van der Waals surface area contributed by atoms with E-state index in [4.69, 9.17) is 0 Å². The SMILES string of the molecule is CCCCc1ccccc1Cn1ccn(CC(=O)c2cc(C(C)(C)C)c(O)c(C(C)(C)C)c2)c1=NBr. The second-order valence-electron chi connectivity index (χ2n) is 11.7. The first-order chi connectivity index (χ1) is 16.9. The predicted octanol–water partition coefficient (Wildman–Crippen LogP) is 7.07. The van der Waals surface area contributed by atoms with Gasteiger partial charge in [0, 0.05) is 29.1 Å². The average molecular weight is 555 g/mol. The Bertz CT molecular complexity index is 1250. The van der Waals surface area contributed by atoms with Crippen LogP contribution in [0.3, 0.4) is 0 Å². The van der Waals surface area contributed by atoms with Crippen molar-refractivity contribution in [3.05, 3.63) is 82.2 Å². The van der Waals surface area contributed by atoms with Crippen molar-refractivity contribution in [1.29, 1.82) is 0 Å². The highest BCUT2D eigenvalue weighted by atomic mass is 79.9. The molecule has 0 fully saturated rings. The number of unbranched alkanes of at least 4 members (excludes halogenated alkanes) is 1. The summed E-state index contributed by atoms with van der Waals surface area (Å²) in [5.74, 6) is 0.262. The molecule has 2 aromatic carbocycles. The third-order valence-corrected chi connectivity index (χ3v) is 6.95. The Kier molecular flexibility index (Phi) is 8.71. The molecule has 0 spiro atoms. The van der Waals surface area contributed by atoms with E-state index in [0.717, 1.165) is 30.4 Å². The molecule has 0 aliphatic rings. The first-order valence-electron chi connectivity index (χ1n) is 12.7. The lowest BCUT2D eigenvalue weighted by Crippen LogP contribution is -2.28. The molecule has 3 aromatic rings. The number of aryl methyl sites for hydroxylation is 1. The minimum Gasteiger partial charge on any atom is -0.507 e. The van der Waals surface area contributed by atoms with Crippen LogP contribution >= 0.6 is 16.1 Å². The van der Waals surface area contributed by atoms with E-state index in [1.165, 1.54) is 11.1 Å². The molecule has 0 bridgehead atoms. The number of ketones is 1. The van der Waals surface area contributed by atoms with Gasteiger partial charge in [-0.3, -0.25) is 4.79 Å². The number of carbonyl (C=O) groups is 1. The number of hydrogen-bond donors (Lipinski definition) is 1. The highest BCUT2D eigenvalue weighted by Crippen LogP contribution is 2.39. The Hall–Kier alpha value is -2.60. The Morgan fingerprint density at radius 2 is 1.50 bits per heavy atom. The summed E-state index contributed by atoms with van der Waals surface area (Å²) in [6.07, 6.45) is 7.25. The number of rotatable bonds is 8. The van der Waals surface area contributed by atoms with Crippen molar-refractivity contribution in [3.8, 4) is 5.75 Å². The van der Waals surface area contributed by atoms with Gasteiger partial charge >= 0.3 is 0 Å². The molecular weight excluding hydrogens is 514 g/mol. The van der Waals surface area contributed by atoms with Crippen LogP contribution in [0.5, 0.6) is 5.75 Å². The maximum atomic E-state index is 13.5. The molecule has 0 atom stereocenters. The van der Waals surface area contributed by atoms with Crippen LogP contribution in [0.25, 0.3) is 0 Å². The molecule has 5 nitrogen and oxygen atoms in total. The molecule has 1 aromatic heterocycles. The Balaban J connectivity index is 1.95. The number of Topliss-reactive ketones (excluding diaryl/α,β-unsaturated/α-hetero) is 1. The van der Waals surface area contributed by atoms with Crippen LogP contribution < -0.4 is 5.62 Å². The van der Waals surface area contributed by atoms with Crippen LogP contribution in [0.15, 0.2) is 52.8 Å². The maximum absolute atomic E-state index is 13.5. The molecule has 0 radical (unpaired) electrons. The largest absolute Gasteiger partial charge is 0.507 e. The average Bonchev–Trinajstić information content (AvgIpc) is 3.17. The molecule has 0 saturated heterocycles. The number of phenols is 1. The summed E-state index contributed by atoms with van der Waals surface area (Å²) in [5, 5.41) is 11.0. The molecule has 1 heterocycles. The number of phenolic OH excluding ortho intramolecular Hbond substituents is 1. The van der Waals surface area contributed by atoms with Gasteiger partial charge in [0.25, 0.3) is 0 Å². The van der Waals surface area contributed by atoms with Crippen LogP contribution in [0, 0.1) is 0 Å². The number of hydrogen-bond acceptors (Lipinski definition) is 3. The fourth-order valence-electron chi connectivity index (χ4n) is 4.49. The highest BCUT2D eigenvalue weighted by Gasteiger charge is 2.28. The molecule has 36 heavy (non-hydrogen) atoms. The molecule has 0 aliphatic carbocycles. The van der Waals surface area contributed by atoms with E-state index in [9.17, 15) is 9.90 Å². The van der Waals surface area contributed by atoms with E-state index in [-0.39, 0.29) is 28.9 Å². The topological polar surface area (TPSA) is 59.5 Å². The molecule has 3 rings (SSSR count). The summed E-state index contributed by atoms with van der Waals surface area (Å²) in [7, 11) is 0. The molecule has 0 aliphatic heterocycles. The van der Waals surface area contributed by atoms with Gasteiger partial charge in [-0.15, -0.1) is 0 Å². The summed E-state index contributed by atoms with van der Waals surface area (Å²) in [4.78, 5) is 13.5. The van der Waals surface area contributed by atoms with E-state index in [1.807, 2.05) is 29.1 Å². The standard InChI is InChI=1S/C30H40BrN3O2/c1-8-9-12-21-13-10-11-14-22(21)19-33-15-16-34(28(33)32-31)20-26(35)23-17-24(29(2,3)4)27(36)25(18-23)30(5,6)7/h10-11,13-18,36H,8-9,12,19-20H2,1-7H3. The molecule has 0 unspecified atom stereocenters. The number of halogens is 1. The van der Waals surface area contributed by atoms with Crippen LogP contribution in [-0.4, -0.2) is 20.0 Å². The second-order valence-corrected chi connectivity index (χ2v) is 12.0. The minimum absolute atomic E-state index is 0.0190. The van der Waals surface area contributed by atoms with Gasteiger partial charge in [-0.05, 0) is 46.9 Å². The molecule has 0 saturated carbocycles. The van der Waals surface area contributed by atoms with E-state index in [2.05, 4.69) is 97.5 Å². The van der Waals surface area contributed by atoms with Crippen molar-refractivity contribution in [2.24, 2.45) is 4.02 Å². The second kappa shape index (κ2) is 11.2. The third kappa shape index (κ3) is 6.39. The van der Waals surface area contributed by atoms with E-state index in [0.29, 0.717) is 17.7 Å². The van der Waals surface area contributed by atoms with Crippen molar-refractivity contribution in [2.45, 2.75) is 91.6 Å². The Morgan fingerprint density at radius 1 is 0.944 bits per heavy atom. The van der Waals surface area contributed by atoms with Gasteiger partial charge in [-0.1, -0.05) is 79.2 Å². The number of aromatic hydroxyl groups is 1. The lowest BCUT2D eigenvalue weighted by molar-refractivity contribution is 0.0970. The fourth-order valence-corrected chi connectivity index (χ4v) is 4.90. The third-order valence-electron chi connectivity index (χ3n) is 6.64. The zero-order valence-electron chi connectivity index (χ0n) is 22.7. The zero-order chi connectivity index (χ0) is 26.7. The van der Waals surface area contributed by atoms with Crippen LogP contribution in [0.2, 0.25) is 0 Å². The molecule has 194 valence electrons. The fraction of sp³-hybridized carbons (Fsp3) is 0.467. The first-order valence-corrected chi connectivity index (χ1v) is 13.5. The van der Waals surface area contributed by atoms with Crippen molar-refractivity contribution in [2.75, 3.05) is 0 Å². The predicted molar refractivity (Wildman–Crippen MR) is 151 cm³/mol. The van der Waals surface area contributed by atoms with Gasteiger partial charge in [-0.2, -0.15) is 4.02 Å². The van der Waals surface area contributed by atoms with Crippen LogP contribution in [-0.2, 0) is 30.3 Å². The van der Waals surface area contributed by atoms with Crippen molar-refractivity contribution >= 4 is 21.9 Å². The van der Waals surface area contributed by atoms with Crippen LogP contribution in [0.4, 0.5) is 0 Å². The molecular formula is C30H40BrN3O2. The number of imidazole rings is 1. The zero-order valence-corrected chi connectivity index (χ0v) is 24.3. The number of nitrogens with zero attached hydrogens (tertiary/aromatic N) is 3. The monoisotopic (exact) mass is 553 g/mol. The summed E-state index contributed by atoms with van der Waals surface area (Å²) in [5.41, 5.74) is 4.89. The Labute approximate surface area is 224 Å². The lowest BCUT2D eigenvalue weighted by Gasteiger charge is -2.28. The summed E-state index contributed by atoms with van der Waals surface area (Å²) >= 11 is 3.28.